The molecule has 0 atom stereocenters. The van der Waals surface area contributed by atoms with Gasteiger partial charge in [-0.15, -0.1) is 33.7 Å². The van der Waals surface area contributed by atoms with Gasteiger partial charge in [-0.3, -0.25) is 0 Å². The van der Waals surface area contributed by atoms with Crippen LogP contribution >= 0.6 is 0 Å². The summed E-state index contributed by atoms with van der Waals surface area (Å²) >= 11 is 1.64. The Morgan fingerprint density at radius 1 is 0.586 bits per heavy atom. The first-order valence-electron chi connectivity index (χ1n) is 21.2. The number of hydrogen-bond donors (Lipinski definition) is 0. The van der Waals surface area contributed by atoms with Gasteiger partial charge in [-0.05, 0) is 65.3 Å². The van der Waals surface area contributed by atoms with Crippen molar-refractivity contribution in [3.63, 3.8) is 0 Å². The molecule has 0 aromatic heterocycles. The van der Waals surface area contributed by atoms with Crippen LogP contribution in [0.4, 0.5) is 0 Å². The number of unbranched alkanes of at least 4 members (excludes halogenated alkanes) is 9. The topological polar surface area (TPSA) is 0 Å². The molecule has 0 bridgehead atoms. The average molecular weight is 899 g/mol. The van der Waals surface area contributed by atoms with Gasteiger partial charge < -0.3 is 24.8 Å². The zero-order chi connectivity index (χ0) is 39.3. The van der Waals surface area contributed by atoms with E-state index in [0.29, 0.717) is 0 Å². The van der Waals surface area contributed by atoms with E-state index in [-0.39, 0.29) is 24.8 Å². The molecule has 0 unspecified atom stereocenters. The molecule has 0 aliphatic heterocycles. The van der Waals surface area contributed by atoms with Crippen molar-refractivity contribution in [3.8, 4) is 11.1 Å². The van der Waals surface area contributed by atoms with E-state index in [2.05, 4.69) is 138 Å². The zero-order valence-corrected chi connectivity index (χ0v) is 40.3. The Balaban J connectivity index is 0.000000291. The van der Waals surface area contributed by atoms with E-state index in [0.717, 1.165) is 12.8 Å². The van der Waals surface area contributed by atoms with Crippen molar-refractivity contribution < 1.29 is 48.1 Å². The van der Waals surface area contributed by atoms with Crippen LogP contribution in [-0.4, -0.2) is 5.43 Å². The monoisotopic (exact) mass is 896 g/mol. The fraction of sp³-hybridized carbons (Fsp3) is 0.315. The molecule has 58 heavy (non-hydrogen) atoms. The first kappa shape index (κ1) is 47.5. The van der Waals surface area contributed by atoms with Gasteiger partial charge in [0.1, 0.15) is 0 Å². The third-order valence-electron chi connectivity index (χ3n) is 11.9. The van der Waals surface area contributed by atoms with Crippen LogP contribution < -0.4 is 35.2 Å². The predicted molar refractivity (Wildman–Crippen MR) is 243 cm³/mol. The zero-order valence-electron chi connectivity index (χ0n) is 35.4. The van der Waals surface area contributed by atoms with Crippen LogP contribution in [0, 0.1) is 33.8 Å². The molecule has 0 saturated carbocycles. The second-order valence-corrected chi connectivity index (χ2v) is 21.3. The quantitative estimate of drug-likeness (QED) is 0.0480. The molecule has 7 aromatic rings. The molecule has 1 aliphatic carbocycles. The van der Waals surface area contributed by atoms with E-state index in [1.165, 1.54) is 146 Å². The van der Waals surface area contributed by atoms with E-state index in [1.54, 1.807) is 23.3 Å². The van der Waals surface area contributed by atoms with Gasteiger partial charge >= 0.3 is 99.8 Å². The van der Waals surface area contributed by atoms with Gasteiger partial charge in [0.15, 0.2) is 0 Å². The molecule has 0 saturated heterocycles. The fourth-order valence-electron chi connectivity index (χ4n) is 8.41. The van der Waals surface area contributed by atoms with Crippen molar-refractivity contribution in [2.75, 3.05) is 0 Å². The van der Waals surface area contributed by atoms with Gasteiger partial charge in [-0.2, -0.15) is 18.2 Å². The average Bonchev–Trinajstić information content (AvgIpc) is 3.95. The Morgan fingerprint density at radius 3 is 1.71 bits per heavy atom. The minimum atomic E-state index is -0.455. The van der Waals surface area contributed by atoms with Crippen LogP contribution in [0.1, 0.15) is 110 Å². The van der Waals surface area contributed by atoms with Crippen molar-refractivity contribution in [2.24, 2.45) is 0 Å². The summed E-state index contributed by atoms with van der Waals surface area (Å²) in [5, 5.41) is 8.75. The van der Waals surface area contributed by atoms with E-state index >= 15 is 0 Å². The van der Waals surface area contributed by atoms with Crippen LogP contribution in [0.2, 0.25) is 0 Å². The minimum absolute atomic E-state index is 0. The number of aryl methyl sites for hydroxylation is 4. The summed E-state index contributed by atoms with van der Waals surface area (Å²) < 4.78 is 0. The summed E-state index contributed by atoms with van der Waals surface area (Å²) in [7, 11) is 0. The van der Waals surface area contributed by atoms with Crippen molar-refractivity contribution in [2.45, 2.75) is 112 Å². The summed E-state index contributed by atoms with van der Waals surface area (Å²) in [6.07, 6.45) is 16.1. The normalized spacial score (nSPS) is 11.0. The smallest absolute Gasteiger partial charge is 0.172 e. The molecule has 0 N–H and O–H groups in total. The molecule has 0 fully saturated rings. The molecule has 8 rings (SSSR count). The Kier molecular flexibility index (Phi) is 19.8. The van der Waals surface area contributed by atoms with Gasteiger partial charge in [0.25, 0.3) is 0 Å². The third-order valence-corrected chi connectivity index (χ3v) is 18.0. The number of hydrogen-bond acceptors (Lipinski definition) is 0. The second kappa shape index (κ2) is 24.2. The molecule has 300 valence electrons. The third kappa shape index (κ3) is 11.8. The second-order valence-electron chi connectivity index (χ2n) is 15.7. The van der Waals surface area contributed by atoms with E-state index in [1.807, 2.05) is 30.3 Å². The van der Waals surface area contributed by atoms with Crippen LogP contribution in [0.25, 0.3) is 32.7 Å². The number of fused-ring (bicyclic) bond motifs is 8. The Morgan fingerprint density at radius 2 is 1.14 bits per heavy atom. The van der Waals surface area contributed by atoms with Gasteiger partial charge in [0, 0.05) is 0 Å². The van der Waals surface area contributed by atoms with Crippen LogP contribution in [0.3, 0.4) is 0 Å². The van der Waals surface area contributed by atoms with Gasteiger partial charge in [0.05, 0.1) is 0 Å². The van der Waals surface area contributed by atoms with E-state index in [4.69, 9.17) is 0 Å². The molecular formula is C54H60Cl2SiZr-2. The largest absolute Gasteiger partial charge is 0.214 e. The first-order valence-corrected chi connectivity index (χ1v) is 26.4. The number of benzene rings is 6. The molecule has 0 radical (unpaired) electrons. The molecule has 0 amide bonds. The molecule has 4 heteroatoms. The Bertz CT molecular complexity index is 2270. The van der Waals surface area contributed by atoms with Gasteiger partial charge in [-0.1, -0.05) is 127 Å². The van der Waals surface area contributed by atoms with Crippen LogP contribution in [-0.2, 0) is 36.2 Å². The molecule has 0 nitrogen and oxygen atoms in total. The fourth-order valence-corrected chi connectivity index (χ4v) is 12.3. The van der Waals surface area contributed by atoms with E-state index in [9.17, 15) is 0 Å². The molecule has 0 heterocycles. The predicted octanol–water partition coefficient (Wildman–Crippen LogP) is 7.81. The summed E-state index contributed by atoms with van der Waals surface area (Å²) in [6.45, 7) is 11.6. The van der Waals surface area contributed by atoms with Gasteiger partial charge in [-0.25, -0.2) is 12.1 Å². The Labute approximate surface area is 377 Å². The van der Waals surface area contributed by atoms with Crippen LogP contribution in [0.5, 0.6) is 0 Å². The first-order chi connectivity index (χ1) is 27.4. The maximum absolute atomic E-state index is 4.04. The van der Waals surface area contributed by atoms with Crippen molar-refractivity contribution >= 4 is 37.4 Å². The summed E-state index contributed by atoms with van der Waals surface area (Å²) in [4.78, 5) is 0. The maximum atomic E-state index is 4.04. The van der Waals surface area contributed by atoms with Gasteiger partial charge in [0.2, 0.25) is 0 Å². The van der Waals surface area contributed by atoms with Crippen LogP contribution in [0.15, 0.2) is 127 Å². The molecule has 0 spiro atoms. The molecule has 1 aliphatic rings. The maximum Gasteiger partial charge on any atom is -0.172 e. The summed E-state index contributed by atoms with van der Waals surface area (Å²) in [5.41, 5.74) is 12.6. The summed E-state index contributed by atoms with van der Waals surface area (Å²) in [6, 6.07) is 49.5. The Hall–Kier alpha value is -3.13. The van der Waals surface area contributed by atoms with Crippen molar-refractivity contribution in [3.05, 3.63) is 172 Å². The number of rotatable bonds is 13. The standard InChI is InChI=1S/C37H45.C12H10Si.C5H5.2ClH.Zr/c1-6-7-8-9-10-11-12-13-14-15-18-29-23-33-34-24-30-19-16-17-20-31(30)37(34)32-22-21-25(2)26(3)35(32)36(33)28(5)27(29)4;1-3-7-11(8-4-1)13-12-9-5-2-6-10-12;1-2-4-5-3-1;;;/h16-17,19-22H,6-15,18,24H2,1-5H3;1-10H;1-5H;2*1H;/q-1;;-1;;;+2/p-2. The molecule has 7 aromatic carbocycles. The minimum Gasteiger partial charge on any atom is -0.214 e. The van der Waals surface area contributed by atoms with Crippen molar-refractivity contribution in [1.82, 2.24) is 0 Å². The SMILES string of the molecule is CCCCCCCCCCCCc1[c-]c2c3c(c4ccc(C)c(C)c4c2c(C)c1C)-c1ccccc1C3.[Cl-].[Cl-].[Zr+2]=[Si](c1ccccc1)c1ccccc1.c1cc[cH-]c1. The van der Waals surface area contributed by atoms with E-state index < -0.39 is 5.43 Å². The van der Waals surface area contributed by atoms with Crippen molar-refractivity contribution in [1.29, 1.82) is 0 Å². The summed E-state index contributed by atoms with van der Waals surface area (Å²) in [5.74, 6) is 0. The number of halogens is 2. The molecular weight excluding hydrogens is 839 g/mol.